The number of ether oxygens (including phenoxy) is 4. The fourth-order valence-electron chi connectivity index (χ4n) is 2.01. The minimum Gasteiger partial charge on any atom is -0.493 e. The van der Waals surface area contributed by atoms with Crippen molar-refractivity contribution in [1.82, 2.24) is 5.32 Å². The fraction of sp³-hybridized carbons (Fsp3) is 0.600. The topological polar surface area (TPSA) is 69.2 Å². The molecular formula is C15H25NO5. The molecule has 1 unspecified atom stereocenters. The van der Waals surface area contributed by atoms with Gasteiger partial charge in [0.25, 0.3) is 0 Å². The average Bonchev–Trinajstić information content (AvgIpc) is 2.50. The zero-order valence-corrected chi connectivity index (χ0v) is 13.1. The number of hydrogen-bond donors (Lipinski definition) is 2. The van der Waals surface area contributed by atoms with Gasteiger partial charge < -0.3 is 29.4 Å². The van der Waals surface area contributed by atoms with Crippen molar-refractivity contribution in [1.29, 1.82) is 0 Å². The summed E-state index contributed by atoms with van der Waals surface area (Å²) >= 11 is 0. The number of aliphatic hydroxyl groups excluding tert-OH is 1. The van der Waals surface area contributed by atoms with E-state index in [1.807, 2.05) is 12.1 Å². The Kier molecular flexibility index (Phi) is 7.89. The van der Waals surface area contributed by atoms with E-state index in [9.17, 15) is 5.11 Å². The SMILES string of the molecule is COCC(O)CCNCc1cc(OC)c(OC)c(OC)c1. The molecule has 0 aliphatic heterocycles. The molecule has 1 aromatic rings. The number of benzene rings is 1. The van der Waals surface area contributed by atoms with Gasteiger partial charge in [0.15, 0.2) is 11.5 Å². The Bertz CT molecular complexity index is 400. The maximum absolute atomic E-state index is 9.56. The van der Waals surface area contributed by atoms with Crippen LogP contribution in [0.15, 0.2) is 12.1 Å². The lowest BCUT2D eigenvalue weighted by molar-refractivity contribution is 0.0594. The molecule has 21 heavy (non-hydrogen) atoms. The highest BCUT2D eigenvalue weighted by Gasteiger charge is 2.13. The predicted octanol–water partition coefficient (Wildman–Crippen LogP) is 1.20. The normalized spacial score (nSPS) is 12.0. The highest BCUT2D eigenvalue weighted by Crippen LogP contribution is 2.38. The molecule has 0 bridgehead atoms. The first-order valence-electron chi connectivity index (χ1n) is 6.82. The number of aliphatic hydroxyl groups is 1. The molecule has 0 amide bonds. The maximum Gasteiger partial charge on any atom is 0.203 e. The third kappa shape index (κ3) is 5.41. The van der Waals surface area contributed by atoms with E-state index in [-0.39, 0.29) is 0 Å². The molecular weight excluding hydrogens is 274 g/mol. The summed E-state index contributed by atoms with van der Waals surface area (Å²) in [4.78, 5) is 0. The van der Waals surface area contributed by atoms with Crippen molar-refractivity contribution in [3.05, 3.63) is 17.7 Å². The van der Waals surface area contributed by atoms with Gasteiger partial charge in [0.2, 0.25) is 5.75 Å². The van der Waals surface area contributed by atoms with Crippen LogP contribution in [-0.4, -0.2) is 52.8 Å². The van der Waals surface area contributed by atoms with E-state index in [0.29, 0.717) is 43.4 Å². The Hall–Kier alpha value is -1.50. The molecule has 0 spiro atoms. The van der Waals surface area contributed by atoms with E-state index < -0.39 is 6.10 Å². The molecule has 2 N–H and O–H groups in total. The molecule has 120 valence electrons. The molecule has 6 heteroatoms. The Labute approximate surface area is 126 Å². The second kappa shape index (κ2) is 9.44. The summed E-state index contributed by atoms with van der Waals surface area (Å²) in [5.41, 5.74) is 1.02. The monoisotopic (exact) mass is 299 g/mol. The summed E-state index contributed by atoms with van der Waals surface area (Å²) in [5, 5.41) is 12.8. The molecule has 0 aliphatic rings. The standard InChI is InChI=1S/C15H25NO5/c1-18-10-12(17)5-6-16-9-11-7-13(19-2)15(21-4)14(8-11)20-3/h7-8,12,16-17H,5-6,9-10H2,1-4H3. The lowest BCUT2D eigenvalue weighted by atomic mass is 10.1. The molecule has 0 aliphatic carbocycles. The average molecular weight is 299 g/mol. The minimum atomic E-state index is -0.442. The molecule has 1 rings (SSSR count). The van der Waals surface area contributed by atoms with Gasteiger partial charge >= 0.3 is 0 Å². The highest BCUT2D eigenvalue weighted by molar-refractivity contribution is 5.53. The van der Waals surface area contributed by atoms with Crippen LogP contribution >= 0.6 is 0 Å². The van der Waals surface area contributed by atoms with E-state index in [2.05, 4.69) is 5.32 Å². The zero-order valence-electron chi connectivity index (χ0n) is 13.1. The second-order valence-electron chi connectivity index (χ2n) is 4.61. The van der Waals surface area contributed by atoms with Gasteiger partial charge in [0.1, 0.15) is 0 Å². The van der Waals surface area contributed by atoms with Crippen molar-refractivity contribution in [3.63, 3.8) is 0 Å². The molecule has 0 fully saturated rings. The van der Waals surface area contributed by atoms with E-state index in [0.717, 1.165) is 5.56 Å². The summed E-state index contributed by atoms with van der Waals surface area (Å²) < 4.78 is 20.8. The van der Waals surface area contributed by atoms with Crippen LogP contribution in [0.2, 0.25) is 0 Å². The summed E-state index contributed by atoms with van der Waals surface area (Å²) in [7, 11) is 6.34. The van der Waals surface area contributed by atoms with Crippen molar-refractivity contribution in [3.8, 4) is 17.2 Å². The van der Waals surface area contributed by atoms with Gasteiger partial charge in [-0.3, -0.25) is 0 Å². The van der Waals surface area contributed by atoms with Crippen molar-refractivity contribution in [2.75, 3.05) is 41.6 Å². The Morgan fingerprint density at radius 3 is 2.14 bits per heavy atom. The highest BCUT2D eigenvalue weighted by atomic mass is 16.5. The van der Waals surface area contributed by atoms with Gasteiger partial charge in [0.05, 0.1) is 34.0 Å². The molecule has 0 aromatic heterocycles. The second-order valence-corrected chi connectivity index (χ2v) is 4.61. The Balaban J connectivity index is 2.59. The van der Waals surface area contributed by atoms with Crippen molar-refractivity contribution >= 4 is 0 Å². The molecule has 0 radical (unpaired) electrons. The fourth-order valence-corrected chi connectivity index (χ4v) is 2.01. The van der Waals surface area contributed by atoms with E-state index in [1.165, 1.54) is 0 Å². The van der Waals surface area contributed by atoms with E-state index >= 15 is 0 Å². The van der Waals surface area contributed by atoms with Crippen LogP contribution in [0.1, 0.15) is 12.0 Å². The van der Waals surface area contributed by atoms with Gasteiger partial charge in [-0.25, -0.2) is 0 Å². The number of nitrogens with one attached hydrogen (secondary N) is 1. The molecule has 0 saturated carbocycles. The molecule has 1 atom stereocenters. The Morgan fingerprint density at radius 2 is 1.67 bits per heavy atom. The van der Waals surface area contributed by atoms with Crippen LogP contribution in [0.3, 0.4) is 0 Å². The van der Waals surface area contributed by atoms with Crippen molar-refractivity contribution in [2.45, 2.75) is 19.1 Å². The van der Waals surface area contributed by atoms with Crippen molar-refractivity contribution in [2.24, 2.45) is 0 Å². The lowest BCUT2D eigenvalue weighted by Crippen LogP contribution is -2.23. The molecule has 0 heterocycles. The van der Waals surface area contributed by atoms with Gasteiger partial charge in [-0.15, -0.1) is 0 Å². The van der Waals surface area contributed by atoms with Crippen LogP contribution in [0.25, 0.3) is 0 Å². The number of methoxy groups -OCH3 is 4. The zero-order chi connectivity index (χ0) is 15.7. The Morgan fingerprint density at radius 1 is 1.05 bits per heavy atom. The predicted molar refractivity (Wildman–Crippen MR) is 80.3 cm³/mol. The first kappa shape index (κ1) is 17.6. The quantitative estimate of drug-likeness (QED) is 0.633. The van der Waals surface area contributed by atoms with Crippen LogP contribution in [0.5, 0.6) is 17.2 Å². The summed E-state index contributed by atoms with van der Waals surface area (Å²) in [6.45, 7) is 1.70. The van der Waals surface area contributed by atoms with E-state index in [4.69, 9.17) is 18.9 Å². The molecule has 1 aromatic carbocycles. The van der Waals surface area contributed by atoms with Crippen molar-refractivity contribution < 1.29 is 24.1 Å². The maximum atomic E-state index is 9.56. The third-order valence-corrected chi connectivity index (χ3v) is 3.07. The third-order valence-electron chi connectivity index (χ3n) is 3.07. The van der Waals surface area contributed by atoms with Crippen LogP contribution < -0.4 is 19.5 Å². The van der Waals surface area contributed by atoms with Gasteiger partial charge in [-0.1, -0.05) is 0 Å². The minimum absolute atomic E-state index is 0.353. The van der Waals surface area contributed by atoms with Gasteiger partial charge in [0, 0.05) is 13.7 Å². The van der Waals surface area contributed by atoms with Gasteiger partial charge in [-0.2, -0.15) is 0 Å². The lowest BCUT2D eigenvalue weighted by Gasteiger charge is -2.15. The van der Waals surface area contributed by atoms with Crippen LogP contribution in [-0.2, 0) is 11.3 Å². The smallest absolute Gasteiger partial charge is 0.203 e. The molecule has 0 saturated heterocycles. The number of rotatable bonds is 10. The summed E-state index contributed by atoms with van der Waals surface area (Å²) in [6.07, 6.45) is 0.195. The summed E-state index contributed by atoms with van der Waals surface area (Å²) in [6, 6.07) is 3.81. The summed E-state index contributed by atoms with van der Waals surface area (Å²) in [5.74, 6) is 1.85. The molecule has 6 nitrogen and oxygen atoms in total. The van der Waals surface area contributed by atoms with E-state index in [1.54, 1.807) is 28.4 Å². The first-order chi connectivity index (χ1) is 10.2. The first-order valence-corrected chi connectivity index (χ1v) is 6.82. The number of hydrogen-bond acceptors (Lipinski definition) is 6. The van der Waals surface area contributed by atoms with Crippen LogP contribution in [0, 0.1) is 0 Å². The largest absolute Gasteiger partial charge is 0.493 e. The van der Waals surface area contributed by atoms with Crippen LogP contribution in [0.4, 0.5) is 0 Å². The van der Waals surface area contributed by atoms with Gasteiger partial charge in [-0.05, 0) is 30.7 Å².